The number of aromatic nitrogens is 1. The van der Waals surface area contributed by atoms with Gasteiger partial charge in [0.05, 0.1) is 0 Å². The van der Waals surface area contributed by atoms with Crippen molar-refractivity contribution in [2.45, 2.75) is 12.0 Å². The van der Waals surface area contributed by atoms with Gasteiger partial charge in [-0.3, -0.25) is 9.47 Å². The van der Waals surface area contributed by atoms with Gasteiger partial charge >= 0.3 is 0 Å². The normalized spacial score (nSPS) is 19.8. The summed E-state index contributed by atoms with van der Waals surface area (Å²) in [6.07, 6.45) is 6.37. The third kappa shape index (κ3) is 2.02. The van der Waals surface area contributed by atoms with Gasteiger partial charge in [0.15, 0.2) is 0 Å². The number of hydrogen-bond donors (Lipinski definition) is 0. The number of carbonyl (C=O) groups excluding carboxylic acids is 1. The van der Waals surface area contributed by atoms with E-state index in [1.54, 1.807) is 5.01 Å². The number of rotatable bonds is 3. The average molecular weight is 314 g/mol. The summed E-state index contributed by atoms with van der Waals surface area (Å²) >= 11 is 0. The Balaban J connectivity index is 1.99. The van der Waals surface area contributed by atoms with Crippen molar-refractivity contribution in [2.24, 2.45) is 0 Å². The highest BCUT2D eigenvalue weighted by Crippen LogP contribution is 2.38. The first-order valence-corrected chi connectivity index (χ1v) is 8.01. The van der Waals surface area contributed by atoms with Gasteiger partial charge in [-0.05, 0) is 29.3 Å². The minimum atomic E-state index is -0.619. The van der Waals surface area contributed by atoms with E-state index in [-0.39, 0.29) is 5.91 Å². The summed E-state index contributed by atoms with van der Waals surface area (Å²) in [6.45, 7) is 4.09. The number of nitrogens with zero attached hydrogens (tertiary/aromatic N) is 2. The quantitative estimate of drug-likeness (QED) is 0.673. The van der Waals surface area contributed by atoms with Gasteiger partial charge in [-0.2, -0.15) is 0 Å². The lowest BCUT2D eigenvalue weighted by Crippen LogP contribution is -2.58. The van der Waals surface area contributed by atoms with Gasteiger partial charge in [-0.25, -0.2) is 5.01 Å². The van der Waals surface area contributed by atoms with Crippen molar-refractivity contribution < 1.29 is 4.79 Å². The molecule has 2 aromatic carbocycles. The zero-order valence-electron chi connectivity index (χ0n) is 13.3. The molecule has 0 bridgehead atoms. The zero-order chi connectivity index (χ0) is 16.6. The number of carbonyl (C=O) groups is 1. The van der Waals surface area contributed by atoms with Crippen molar-refractivity contribution in [1.29, 1.82) is 0 Å². The molecule has 1 aromatic heterocycles. The molecule has 3 heteroatoms. The van der Waals surface area contributed by atoms with Crippen LogP contribution in [0.25, 0.3) is 0 Å². The molecular weight excluding hydrogens is 296 g/mol. The van der Waals surface area contributed by atoms with E-state index in [1.807, 2.05) is 77.7 Å². The molecule has 1 atom stereocenters. The van der Waals surface area contributed by atoms with Gasteiger partial charge in [-0.15, -0.1) is 6.58 Å². The standard InChI is InChI=1S/C21H18N2O/c1-2-21(18-11-4-3-5-12-18)16-17-10-6-7-13-19(17)20(24)23(21)22-14-8-9-15-22/h2-15H,1,16H2. The summed E-state index contributed by atoms with van der Waals surface area (Å²) in [5, 5.41) is 1.80. The van der Waals surface area contributed by atoms with Crippen molar-refractivity contribution in [1.82, 2.24) is 4.68 Å². The Labute approximate surface area is 141 Å². The summed E-state index contributed by atoms with van der Waals surface area (Å²) in [7, 11) is 0. The SMILES string of the molecule is C=CC1(c2ccccc2)Cc2ccccc2C(=O)N1n1cccc1. The van der Waals surface area contributed by atoms with Gasteiger partial charge in [0.1, 0.15) is 5.54 Å². The van der Waals surface area contributed by atoms with Crippen LogP contribution in [0.1, 0.15) is 21.5 Å². The highest BCUT2D eigenvalue weighted by molar-refractivity contribution is 6.05. The third-order valence-electron chi connectivity index (χ3n) is 4.71. The first-order chi connectivity index (χ1) is 11.8. The minimum Gasteiger partial charge on any atom is -0.267 e. The molecule has 1 aliphatic heterocycles. The first-order valence-electron chi connectivity index (χ1n) is 8.01. The first kappa shape index (κ1) is 14.5. The van der Waals surface area contributed by atoms with Crippen molar-refractivity contribution in [3.8, 4) is 0 Å². The Kier molecular flexibility index (Phi) is 3.35. The zero-order valence-corrected chi connectivity index (χ0v) is 13.3. The van der Waals surface area contributed by atoms with Gasteiger partial charge in [0.25, 0.3) is 5.91 Å². The molecule has 1 aliphatic rings. The number of benzene rings is 2. The van der Waals surface area contributed by atoms with Crippen molar-refractivity contribution in [2.75, 3.05) is 5.01 Å². The van der Waals surface area contributed by atoms with Crippen LogP contribution in [-0.2, 0) is 12.0 Å². The van der Waals surface area contributed by atoms with E-state index in [0.29, 0.717) is 6.42 Å². The van der Waals surface area contributed by atoms with Crippen LogP contribution in [0.3, 0.4) is 0 Å². The molecular formula is C21H18N2O. The fourth-order valence-corrected chi connectivity index (χ4v) is 3.54. The fourth-order valence-electron chi connectivity index (χ4n) is 3.54. The van der Waals surface area contributed by atoms with Crippen molar-refractivity contribution >= 4 is 5.91 Å². The summed E-state index contributed by atoms with van der Waals surface area (Å²) < 4.78 is 1.85. The Morgan fingerprint density at radius 3 is 2.29 bits per heavy atom. The maximum atomic E-state index is 13.3. The molecule has 1 amide bonds. The second-order valence-electron chi connectivity index (χ2n) is 6.01. The van der Waals surface area contributed by atoms with E-state index in [2.05, 4.69) is 18.7 Å². The van der Waals surface area contributed by atoms with E-state index in [1.165, 1.54) is 0 Å². The summed E-state index contributed by atoms with van der Waals surface area (Å²) in [6, 6.07) is 21.8. The van der Waals surface area contributed by atoms with E-state index in [9.17, 15) is 4.79 Å². The Bertz CT molecular complexity index is 883. The average Bonchev–Trinajstić information content (AvgIpc) is 3.16. The molecule has 0 radical (unpaired) electrons. The van der Waals surface area contributed by atoms with E-state index < -0.39 is 5.54 Å². The maximum absolute atomic E-state index is 13.3. The highest BCUT2D eigenvalue weighted by Gasteiger charge is 2.45. The molecule has 0 fully saturated rings. The van der Waals surface area contributed by atoms with Gasteiger partial charge in [0, 0.05) is 24.4 Å². The number of amides is 1. The van der Waals surface area contributed by atoms with Crippen LogP contribution in [0.2, 0.25) is 0 Å². The summed E-state index contributed by atoms with van der Waals surface area (Å²) in [5.74, 6) is -0.0168. The van der Waals surface area contributed by atoms with E-state index in [0.717, 1.165) is 16.7 Å². The third-order valence-corrected chi connectivity index (χ3v) is 4.71. The lowest BCUT2D eigenvalue weighted by atomic mass is 9.78. The van der Waals surface area contributed by atoms with Gasteiger partial charge in [0.2, 0.25) is 0 Å². The van der Waals surface area contributed by atoms with Crippen LogP contribution in [0.4, 0.5) is 0 Å². The maximum Gasteiger partial charge on any atom is 0.274 e. The van der Waals surface area contributed by atoms with Crippen LogP contribution in [0.15, 0.2) is 91.8 Å². The Hall–Kier alpha value is -3.07. The fraction of sp³-hybridized carbons (Fsp3) is 0.0952. The molecule has 1 unspecified atom stereocenters. The number of hydrogen-bond acceptors (Lipinski definition) is 1. The second-order valence-corrected chi connectivity index (χ2v) is 6.01. The van der Waals surface area contributed by atoms with Crippen LogP contribution >= 0.6 is 0 Å². The highest BCUT2D eigenvalue weighted by atomic mass is 16.2. The topological polar surface area (TPSA) is 25.2 Å². The summed E-state index contributed by atoms with van der Waals surface area (Å²) in [4.78, 5) is 13.3. The molecule has 3 nitrogen and oxygen atoms in total. The molecule has 3 aromatic rings. The largest absolute Gasteiger partial charge is 0.274 e. The monoisotopic (exact) mass is 314 g/mol. The van der Waals surface area contributed by atoms with Crippen molar-refractivity contribution in [3.05, 3.63) is 108 Å². The molecule has 0 spiro atoms. The molecule has 118 valence electrons. The smallest absolute Gasteiger partial charge is 0.267 e. The van der Waals surface area contributed by atoms with Crippen LogP contribution < -0.4 is 5.01 Å². The molecule has 0 aliphatic carbocycles. The molecule has 0 saturated heterocycles. The van der Waals surface area contributed by atoms with E-state index in [4.69, 9.17) is 0 Å². The lowest BCUT2D eigenvalue weighted by Gasteiger charge is -2.46. The molecule has 24 heavy (non-hydrogen) atoms. The van der Waals surface area contributed by atoms with Gasteiger partial charge < -0.3 is 0 Å². The second kappa shape index (κ2) is 5.53. The van der Waals surface area contributed by atoms with Crippen LogP contribution in [0, 0.1) is 0 Å². The minimum absolute atomic E-state index is 0.0168. The van der Waals surface area contributed by atoms with Crippen molar-refractivity contribution in [3.63, 3.8) is 0 Å². The molecule has 4 rings (SSSR count). The Morgan fingerprint density at radius 1 is 0.917 bits per heavy atom. The Morgan fingerprint density at radius 2 is 1.58 bits per heavy atom. The predicted octanol–water partition coefficient (Wildman–Crippen LogP) is 3.90. The molecule has 0 N–H and O–H groups in total. The van der Waals surface area contributed by atoms with Gasteiger partial charge in [-0.1, -0.05) is 54.6 Å². The van der Waals surface area contributed by atoms with Crippen LogP contribution in [-0.4, -0.2) is 10.6 Å². The number of fused-ring (bicyclic) bond motifs is 1. The lowest BCUT2D eigenvalue weighted by molar-refractivity contribution is 0.0908. The predicted molar refractivity (Wildman–Crippen MR) is 95.4 cm³/mol. The molecule has 2 heterocycles. The molecule has 0 saturated carbocycles. The summed E-state index contributed by atoms with van der Waals surface area (Å²) in [5.41, 5.74) is 2.23. The van der Waals surface area contributed by atoms with Crippen LogP contribution in [0.5, 0.6) is 0 Å². The van der Waals surface area contributed by atoms with E-state index >= 15 is 0 Å².